The Morgan fingerprint density at radius 3 is 2.89 bits per heavy atom. The SMILES string of the molecule is Cc1ccc(C)c(OCc2ncncc2C(=O)O)c1. The van der Waals surface area contributed by atoms with Crippen LogP contribution in [0.1, 0.15) is 27.2 Å². The summed E-state index contributed by atoms with van der Waals surface area (Å²) in [4.78, 5) is 18.7. The maximum absolute atomic E-state index is 11.0. The lowest BCUT2D eigenvalue weighted by Gasteiger charge is -2.10. The maximum atomic E-state index is 11.0. The van der Waals surface area contributed by atoms with Gasteiger partial charge in [0.1, 0.15) is 24.2 Å². The van der Waals surface area contributed by atoms with E-state index in [-0.39, 0.29) is 12.2 Å². The third-order valence-electron chi connectivity index (χ3n) is 2.73. The molecule has 5 heteroatoms. The normalized spacial score (nSPS) is 10.2. The summed E-state index contributed by atoms with van der Waals surface area (Å²) in [6.07, 6.45) is 2.59. The molecule has 0 saturated heterocycles. The largest absolute Gasteiger partial charge is 0.487 e. The van der Waals surface area contributed by atoms with E-state index < -0.39 is 5.97 Å². The summed E-state index contributed by atoms with van der Waals surface area (Å²) in [5.41, 5.74) is 2.51. The number of carboxylic acids is 1. The Balaban J connectivity index is 2.19. The van der Waals surface area contributed by atoms with Crippen LogP contribution in [-0.4, -0.2) is 21.0 Å². The van der Waals surface area contributed by atoms with E-state index in [0.717, 1.165) is 16.9 Å². The quantitative estimate of drug-likeness (QED) is 0.911. The standard InChI is InChI=1S/C14H14N2O3/c1-9-3-4-10(2)13(5-9)19-7-12-11(14(17)18)6-15-8-16-12/h3-6,8H,7H2,1-2H3,(H,17,18). The van der Waals surface area contributed by atoms with E-state index in [1.807, 2.05) is 32.0 Å². The van der Waals surface area contributed by atoms with E-state index in [0.29, 0.717) is 5.69 Å². The lowest BCUT2D eigenvalue weighted by Crippen LogP contribution is -2.09. The van der Waals surface area contributed by atoms with E-state index >= 15 is 0 Å². The number of carbonyl (C=O) groups is 1. The monoisotopic (exact) mass is 258 g/mol. The second-order valence-corrected chi connectivity index (χ2v) is 4.25. The minimum atomic E-state index is -1.06. The van der Waals surface area contributed by atoms with E-state index in [1.165, 1.54) is 12.5 Å². The fourth-order valence-electron chi connectivity index (χ4n) is 1.66. The van der Waals surface area contributed by atoms with Crippen molar-refractivity contribution in [3.63, 3.8) is 0 Å². The zero-order chi connectivity index (χ0) is 13.8. The predicted octanol–water partition coefficient (Wildman–Crippen LogP) is 2.37. The first-order valence-corrected chi connectivity index (χ1v) is 5.80. The van der Waals surface area contributed by atoms with E-state index in [4.69, 9.17) is 9.84 Å². The summed E-state index contributed by atoms with van der Waals surface area (Å²) in [6, 6.07) is 5.87. The summed E-state index contributed by atoms with van der Waals surface area (Å²) in [5, 5.41) is 9.03. The fraction of sp³-hybridized carbons (Fsp3) is 0.214. The van der Waals surface area contributed by atoms with Crippen LogP contribution >= 0.6 is 0 Å². The number of aromatic nitrogens is 2. The summed E-state index contributed by atoms with van der Waals surface area (Å²) < 4.78 is 5.64. The highest BCUT2D eigenvalue weighted by Crippen LogP contribution is 2.20. The number of nitrogens with zero attached hydrogens (tertiary/aromatic N) is 2. The van der Waals surface area contributed by atoms with Gasteiger partial charge in [-0.2, -0.15) is 0 Å². The average Bonchev–Trinajstić information content (AvgIpc) is 2.40. The topological polar surface area (TPSA) is 72.3 Å². The van der Waals surface area contributed by atoms with Gasteiger partial charge in [0.2, 0.25) is 0 Å². The summed E-state index contributed by atoms with van der Waals surface area (Å²) in [5.74, 6) is -0.324. The van der Waals surface area contributed by atoms with E-state index in [2.05, 4.69) is 9.97 Å². The first-order valence-electron chi connectivity index (χ1n) is 5.80. The van der Waals surface area contributed by atoms with E-state index in [9.17, 15) is 4.79 Å². The van der Waals surface area contributed by atoms with Crippen molar-refractivity contribution in [2.45, 2.75) is 20.5 Å². The van der Waals surface area contributed by atoms with Gasteiger partial charge in [-0.15, -0.1) is 0 Å². The van der Waals surface area contributed by atoms with Crippen molar-refractivity contribution in [2.75, 3.05) is 0 Å². The van der Waals surface area contributed by atoms with Crippen LogP contribution in [0.3, 0.4) is 0 Å². The Morgan fingerprint density at radius 2 is 2.16 bits per heavy atom. The summed E-state index contributed by atoms with van der Waals surface area (Å²) in [7, 11) is 0. The van der Waals surface area contributed by atoms with Gasteiger partial charge in [-0.1, -0.05) is 12.1 Å². The Labute approximate surface area is 110 Å². The highest BCUT2D eigenvalue weighted by molar-refractivity contribution is 5.88. The third-order valence-corrected chi connectivity index (χ3v) is 2.73. The van der Waals surface area contributed by atoms with Crippen molar-refractivity contribution in [1.82, 2.24) is 9.97 Å². The van der Waals surface area contributed by atoms with Crippen LogP contribution < -0.4 is 4.74 Å². The first kappa shape index (κ1) is 13.0. The number of aryl methyl sites for hydroxylation is 2. The molecule has 5 nitrogen and oxygen atoms in total. The van der Waals surface area contributed by atoms with E-state index in [1.54, 1.807) is 0 Å². The van der Waals surface area contributed by atoms with Gasteiger partial charge in [0, 0.05) is 6.20 Å². The Bertz CT molecular complexity index is 611. The van der Waals surface area contributed by atoms with Crippen LogP contribution in [0.25, 0.3) is 0 Å². The Hall–Kier alpha value is -2.43. The van der Waals surface area contributed by atoms with Crippen LogP contribution in [0, 0.1) is 13.8 Å². The molecule has 0 bridgehead atoms. The minimum absolute atomic E-state index is 0.0628. The van der Waals surface area contributed by atoms with Crippen LogP contribution in [0.15, 0.2) is 30.7 Å². The van der Waals surface area contributed by atoms with Gasteiger partial charge >= 0.3 is 5.97 Å². The second kappa shape index (κ2) is 5.48. The molecule has 2 rings (SSSR count). The van der Waals surface area contributed by atoms with Crippen molar-refractivity contribution in [3.05, 3.63) is 53.1 Å². The zero-order valence-electron chi connectivity index (χ0n) is 10.8. The molecule has 0 amide bonds. The average molecular weight is 258 g/mol. The van der Waals surface area contributed by atoms with Crippen molar-refractivity contribution in [2.24, 2.45) is 0 Å². The number of hydrogen-bond donors (Lipinski definition) is 1. The molecule has 1 aromatic carbocycles. The molecule has 0 saturated carbocycles. The molecule has 0 unspecified atom stereocenters. The molecule has 0 atom stereocenters. The van der Waals surface area contributed by atoms with Crippen molar-refractivity contribution in [1.29, 1.82) is 0 Å². The fourth-order valence-corrected chi connectivity index (χ4v) is 1.66. The number of benzene rings is 1. The van der Waals surface area contributed by atoms with Gasteiger partial charge in [0.15, 0.2) is 0 Å². The molecule has 0 aliphatic carbocycles. The molecule has 0 aliphatic rings. The highest BCUT2D eigenvalue weighted by Gasteiger charge is 2.12. The first-order chi connectivity index (χ1) is 9.08. The molecule has 1 aromatic heterocycles. The zero-order valence-corrected chi connectivity index (χ0v) is 10.8. The number of aromatic carboxylic acids is 1. The van der Waals surface area contributed by atoms with Crippen LogP contribution in [0.5, 0.6) is 5.75 Å². The molecule has 98 valence electrons. The molecule has 0 aliphatic heterocycles. The van der Waals surface area contributed by atoms with Crippen LogP contribution in [0.2, 0.25) is 0 Å². The van der Waals surface area contributed by atoms with Crippen molar-refractivity contribution >= 4 is 5.97 Å². The Morgan fingerprint density at radius 1 is 1.37 bits per heavy atom. The van der Waals surface area contributed by atoms with Gasteiger partial charge in [0.05, 0.1) is 5.69 Å². The number of carboxylic acid groups (broad SMARTS) is 1. The lowest BCUT2D eigenvalue weighted by atomic mass is 10.1. The van der Waals surface area contributed by atoms with Crippen molar-refractivity contribution < 1.29 is 14.6 Å². The number of hydrogen-bond acceptors (Lipinski definition) is 4. The highest BCUT2D eigenvalue weighted by atomic mass is 16.5. The molecule has 0 fully saturated rings. The number of rotatable bonds is 4. The molecular weight excluding hydrogens is 244 g/mol. The molecule has 1 N–H and O–H groups in total. The predicted molar refractivity (Wildman–Crippen MR) is 69.2 cm³/mol. The lowest BCUT2D eigenvalue weighted by molar-refractivity contribution is 0.0692. The van der Waals surface area contributed by atoms with Crippen LogP contribution in [0.4, 0.5) is 0 Å². The second-order valence-electron chi connectivity index (χ2n) is 4.25. The van der Waals surface area contributed by atoms with Crippen LogP contribution in [-0.2, 0) is 6.61 Å². The van der Waals surface area contributed by atoms with Gasteiger partial charge in [-0.05, 0) is 31.0 Å². The summed E-state index contributed by atoms with van der Waals surface area (Å²) >= 11 is 0. The van der Waals surface area contributed by atoms with Crippen molar-refractivity contribution in [3.8, 4) is 5.75 Å². The van der Waals surface area contributed by atoms with Gasteiger partial charge < -0.3 is 9.84 Å². The molecule has 1 heterocycles. The van der Waals surface area contributed by atoms with Gasteiger partial charge in [-0.25, -0.2) is 14.8 Å². The molecule has 19 heavy (non-hydrogen) atoms. The Kier molecular flexibility index (Phi) is 3.75. The minimum Gasteiger partial charge on any atom is -0.487 e. The molecule has 0 spiro atoms. The van der Waals surface area contributed by atoms with Gasteiger partial charge in [0.25, 0.3) is 0 Å². The number of ether oxygens (including phenoxy) is 1. The third kappa shape index (κ3) is 3.07. The maximum Gasteiger partial charge on any atom is 0.339 e. The summed E-state index contributed by atoms with van der Waals surface area (Å²) in [6.45, 7) is 4.01. The molecule has 2 aromatic rings. The molecule has 0 radical (unpaired) electrons. The smallest absolute Gasteiger partial charge is 0.339 e. The molecular formula is C14H14N2O3. The van der Waals surface area contributed by atoms with Gasteiger partial charge in [-0.3, -0.25) is 0 Å².